The topological polar surface area (TPSA) is 41.1 Å². The van der Waals surface area contributed by atoms with E-state index in [0.717, 1.165) is 46.8 Å². The Morgan fingerprint density at radius 3 is 2.60 bits per heavy atom. The van der Waals surface area contributed by atoms with Crippen LogP contribution in [0, 0.1) is 11.6 Å². The number of thiophene rings is 1. The van der Waals surface area contributed by atoms with Gasteiger partial charge in [0.1, 0.15) is 17.3 Å². The van der Waals surface area contributed by atoms with E-state index >= 15 is 0 Å². The van der Waals surface area contributed by atoms with Crippen LogP contribution in [-0.4, -0.2) is 12.5 Å². The summed E-state index contributed by atoms with van der Waals surface area (Å²) in [6.07, 6.45) is 0.788. The van der Waals surface area contributed by atoms with E-state index in [1.165, 1.54) is 17.4 Å². The summed E-state index contributed by atoms with van der Waals surface area (Å²) in [7, 11) is 0. The first-order valence-electron chi connectivity index (χ1n) is 7.85. The highest BCUT2D eigenvalue weighted by atomic mass is 32.1. The maximum atomic E-state index is 13.7. The van der Waals surface area contributed by atoms with Crippen molar-refractivity contribution in [2.45, 2.75) is 6.42 Å². The monoisotopic (exact) mass is 356 g/mol. The Balaban J connectivity index is 1.69. The van der Waals surface area contributed by atoms with Crippen molar-refractivity contribution in [3.8, 4) is 11.1 Å². The molecule has 6 heteroatoms. The third kappa shape index (κ3) is 2.89. The van der Waals surface area contributed by atoms with Crippen LogP contribution < -0.4 is 10.6 Å². The van der Waals surface area contributed by atoms with Crippen molar-refractivity contribution in [3.05, 3.63) is 69.9 Å². The second kappa shape index (κ2) is 6.29. The maximum absolute atomic E-state index is 13.7. The fourth-order valence-corrected chi connectivity index (χ4v) is 4.00. The second-order valence-electron chi connectivity index (χ2n) is 5.72. The molecule has 2 heterocycles. The van der Waals surface area contributed by atoms with Crippen molar-refractivity contribution in [2.24, 2.45) is 0 Å². The summed E-state index contributed by atoms with van der Waals surface area (Å²) in [5, 5.41) is 5.72. The molecule has 0 atom stereocenters. The third-order valence-electron chi connectivity index (χ3n) is 4.12. The van der Waals surface area contributed by atoms with E-state index in [1.807, 2.05) is 24.3 Å². The largest absolute Gasteiger partial charge is 0.384 e. The van der Waals surface area contributed by atoms with Gasteiger partial charge >= 0.3 is 0 Å². The van der Waals surface area contributed by atoms with Gasteiger partial charge in [-0.3, -0.25) is 4.79 Å². The average Bonchev–Trinajstić information content (AvgIpc) is 2.95. The van der Waals surface area contributed by atoms with Gasteiger partial charge in [-0.1, -0.05) is 24.3 Å². The lowest BCUT2D eigenvalue weighted by atomic mass is 10.0. The first-order valence-corrected chi connectivity index (χ1v) is 8.66. The number of carbonyl (C=O) groups excluding carboxylic acids is 1. The summed E-state index contributed by atoms with van der Waals surface area (Å²) < 4.78 is 27.5. The molecule has 0 saturated heterocycles. The number of nitrogens with one attached hydrogen (secondary N) is 2. The summed E-state index contributed by atoms with van der Waals surface area (Å²) in [4.78, 5) is 14.0. The molecule has 0 radical (unpaired) electrons. The molecule has 126 valence electrons. The molecule has 2 aromatic carbocycles. The van der Waals surface area contributed by atoms with Crippen molar-refractivity contribution in [2.75, 3.05) is 17.2 Å². The fourth-order valence-electron chi connectivity index (χ4n) is 2.93. The molecule has 1 aliphatic heterocycles. The standard InChI is InChI=1S/C19H14F2N2OS/c20-13-5-3-6-14(21)18(13)23-19(24)17-10-12-11-4-1-2-7-15(11)22-9-8-16(12)25-17/h1-7,10,22H,8-9H2,(H,23,24). The number of hydrogen-bond donors (Lipinski definition) is 2. The zero-order valence-corrected chi connectivity index (χ0v) is 13.9. The molecule has 4 rings (SSSR count). The Morgan fingerprint density at radius 1 is 1.04 bits per heavy atom. The van der Waals surface area contributed by atoms with Crippen LogP contribution >= 0.6 is 11.3 Å². The quantitative estimate of drug-likeness (QED) is 0.685. The number of rotatable bonds is 2. The molecule has 2 N–H and O–H groups in total. The summed E-state index contributed by atoms with van der Waals surface area (Å²) in [6, 6.07) is 13.2. The van der Waals surface area contributed by atoms with E-state index in [9.17, 15) is 13.6 Å². The molecule has 0 bridgehead atoms. The van der Waals surface area contributed by atoms with E-state index in [0.29, 0.717) is 4.88 Å². The Kier molecular flexibility index (Phi) is 3.97. The summed E-state index contributed by atoms with van der Waals surface area (Å²) >= 11 is 1.35. The van der Waals surface area contributed by atoms with Crippen LogP contribution in [0.2, 0.25) is 0 Å². The molecule has 0 spiro atoms. The van der Waals surface area contributed by atoms with E-state index in [4.69, 9.17) is 0 Å². The van der Waals surface area contributed by atoms with Crippen LogP contribution in [0.25, 0.3) is 11.1 Å². The predicted octanol–water partition coefficient (Wildman–Crippen LogP) is 4.91. The van der Waals surface area contributed by atoms with Crippen molar-refractivity contribution in [3.63, 3.8) is 0 Å². The SMILES string of the molecule is O=C(Nc1c(F)cccc1F)c1cc2c(s1)CCNc1ccccc1-2. The van der Waals surface area contributed by atoms with E-state index in [-0.39, 0.29) is 0 Å². The first kappa shape index (κ1) is 15.8. The summed E-state index contributed by atoms with van der Waals surface area (Å²) in [5.41, 5.74) is 2.62. The molecule has 0 fully saturated rings. The number of halogens is 2. The molecule has 1 aliphatic rings. The Hall–Kier alpha value is -2.73. The summed E-state index contributed by atoms with van der Waals surface area (Å²) in [5.74, 6) is -2.09. The van der Waals surface area contributed by atoms with Crippen molar-refractivity contribution >= 4 is 28.6 Å². The van der Waals surface area contributed by atoms with Crippen LogP contribution in [0.5, 0.6) is 0 Å². The van der Waals surface area contributed by atoms with Gasteiger partial charge in [0.15, 0.2) is 0 Å². The molecule has 25 heavy (non-hydrogen) atoms. The van der Waals surface area contributed by atoms with Crippen molar-refractivity contribution < 1.29 is 13.6 Å². The lowest BCUT2D eigenvalue weighted by molar-refractivity contribution is 0.102. The van der Waals surface area contributed by atoms with Crippen molar-refractivity contribution in [1.82, 2.24) is 0 Å². The second-order valence-corrected chi connectivity index (χ2v) is 6.86. The lowest BCUT2D eigenvalue weighted by Gasteiger charge is -2.07. The highest BCUT2D eigenvalue weighted by Crippen LogP contribution is 2.38. The van der Waals surface area contributed by atoms with Gasteiger partial charge in [-0.25, -0.2) is 8.78 Å². The molecule has 0 aliphatic carbocycles. The fraction of sp³-hybridized carbons (Fsp3) is 0.105. The molecule has 3 nitrogen and oxygen atoms in total. The minimum Gasteiger partial charge on any atom is -0.384 e. The molecule has 0 unspecified atom stereocenters. The zero-order chi connectivity index (χ0) is 17.4. The molecular weight excluding hydrogens is 342 g/mol. The third-order valence-corrected chi connectivity index (χ3v) is 5.31. The minimum atomic E-state index is -0.791. The number of hydrogen-bond acceptors (Lipinski definition) is 3. The smallest absolute Gasteiger partial charge is 0.265 e. The Morgan fingerprint density at radius 2 is 1.80 bits per heavy atom. The van der Waals surface area contributed by atoms with E-state index < -0.39 is 23.2 Å². The van der Waals surface area contributed by atoms with Gasteiger partial charge in [0, 0.05) is 22.7 Å². The lowest BCUT2D eigenvalue weighted by Crippen LogP contribution is -2.13. The molecule has 0 saturated carbocycles. The Bertz CT molecular complexity index is 948. The first-order chi connectivity index (χ1) is 12.1. The summed E-state index contributed by atoms with van der Waals surface area (Å²) in [6.45, 7) is 0.771. The van der Waals surface area contributed by atoms with Gasteiger partial charge in [0.2, 0.25) is 0 Å². The van der Waals surface area contributed by atoms with E-state index in [2.05, 4.69) is 10.6 Å². The molecule has 1 aromatic heterocycles. The van der Waals surface area contributed by atoms with Crippen LogP contribution in [0.1, 0.15) is 14.5 Å². The van der Waals surface area contributed by atoms with E-state index in [1.54, 1.807) is 6.07 Å². The number of benzene rings is 2. The average molecular weight is 356 g/mol. The number of anilines is 2. The Labute approximate surface area is 147 Å². The molecule has 1 amide bonds. The molecular formula is C19H14F2N2OS. The number of carbonyl (C=O) groups is 1. The normalized spacial score (nSPS) is 12.6. The number of amides is 1. The van der Waals surface area contributed by atoms with Gasteiger partial charge in [-0.15, -0.1) is 11.3 Å². The van der Waals surface area contributed by atoms with Gasteiger partial charge in [0.25, 0.3) is 5.91 Å². The van der Waals surface area contributed by atoms with Gasteiger partial charge in [-0.2, -0.15) is 0 Å². The highest BCUT2D eigenvalue weighted by Gasteiger charge is 2.21. The predicted molar refractivity (Wildman–Crippen MR) is 96.3 cm³/mol. The minimum absolute atomic E-state index is 0.418. The number of fused-ring (bicyclic) bond motifs is 3. The van der Waals surface area contributed by atoms with Gasteiger partial charge in [-0.05, 0) is 36.2 Å². The van der Waals surface area contributed by atoms with Gasteiger partial charge < -0.3 is 10.6 Å². The van der Waals surface area contributed by atoms with Crippen LogP contribution in [0.15, 0.2) is 48.5 Å². The van der Waals surface area contributed by atoms with Crippen molar-refractivity contribution in [1.29, 1.82) is 0 Å². The number of para-hydroxylation sites is 2. The molecule has 3 aromatic rings. The van der Waals surface area contributed by atoms with Crippen LogP contribution in [0.4, 0.5) is 20.2 Å². The van der Waals surface area contributed by atoms with Gasteiger partial charge in [0.05, 0.1) is 4.88 Å². The maximum Gasteiger partial charge on any atom is 0.265 e. The highest BCUT2D eigenvalue weighted by molar-refractivity contribution is 7.14. The van der Waals surface area contributed by atoms with Crippen LogP contribution in [0.3, 0.4) is 0 Å². The zero-order valence-electron chi connectivity index (χ0n) is 13.1. The van der Waals surface area contributed by atoms with Crippen LogP contribution in [-0.2, 0) is 6.42 Å².